The van der Waals surface area contributed by atoms with Crippen molar-refractivity contribution in [1.82, 2.24) is 14.8 Å². The number of aromatic nitrogens is 1. The van der Waals surface area contributed by atoms with E-state index in [0.717, 1.165) is 49.2 Å². The van der Waals surface area contributed by atoms with Gasteiger partial charge in [-0.25, -0.2) is 0 Å². The van der Waals surface area contributed by atoms with E-state index in [9.17, 15) is 4.79 Å². The largest absolute Gasteiger partial charge is 0.493 e. The molecule has 0 unspecified atom stereocenters. The van der Waals surface area contributed by atoms with Crippen molar-refractivity contribution < 1.29 is 9.53 Å². The standard InChI is InChI=1S/C22H29N3O2/c1-18-9-3-4-11-20(18)27-16-8-13-24(2)22(26)21(25-14-5-6-15-25)19-10-7-12-23-17-19/h3-4,7,9-12,17,21H,5-6,8,13-16H2,1-2H3/t21-/m1/s1. The molecule has 0 spiro atoms. The van der Waals surface area contributed by atoms with E-state index in [-0.39, 0.29) is 11.9 Å². The third kappa shape index (κ3) is 5.07. The van der Waals surface area contributed by atoms with E-state index in [4.69, 9.17) is 4.74 Å². The van der Waals surface area contributed by atoms with Crippen LogP contribution in [-0.4, -0.2) is 54.0 Å². The molecule has 0 radical (unpaired) electrons. The second-order valence-electron chi connectivity index (χ2n) is 7.16. The second-order valence-corrected chi connectivity index (χ2v) is 7.16. The van der Waals surface area contributed by atoms with E-state index in [2.05, 4.69) is 9.88 Å². The van der Waals surface area contributed by atoms with Gasteiger partial charge in [0, 0.05) is 26.0 Å². The van der Waals surface area contributed by atoms with Gasteiger partial charge in [-0.1, -0.05) is 24.3 Å². The maximum atomic E-state index is 13.2. The van der Waals surface area contributed by atoms with Crippen LogP contribution in [-0.2, 0) is 4.79 Å². The summed E-state index contributed by atoms with van der Waals surface area (Å²) in [6.07, 6.45) is 6.67. The van der Waals surface area contributed by atoms with Gasteiger partial charge in [-0.3, -0.25) is 14.7 Å². The Labute approximate surface area is 162 Å². The molecule has 0 saturated carbocycles. The van der Waals surface area contributed by atoms with Crippen LogP contribution in [0, 0.1) is 6.92 Å². The number of rotatable bonds is 8. The highest BCUT2D eigenvalue weighted by Gasteiger charge is 2.31. The Morgan fingerprint density at radius 2 is 2.00 bits per heavy atom. The van der Waals surface area contributed by atoms with Crippen LogP contribution in [0.25, 0.3) is 0 Å². The van der Waals surface area contributed by atoms with E-state index in [1.165, 1.54) is 0 Å². The van der Waals surface area contributed by atoms with E-state index in [0.29, 0.717) is 13.2 Å². The first-order valence-electron chi connectivity index (χ1n) is 9.74. The highest BCUT2D eigenvalue weighted by molar-refractivity contribution is 5.83. The summed E-state index contributed by atoms with van der Waals surface area (Å²) in [6, 6.07) is 11.7. The van der Waals surface area contributed by atoms with Crippen molar-refractivity contribution in [2.75, 3.05) is 33.3 Å². The van der Waals surface area contributed by atoms with Crippen LogP contribution < -0.4 is 4.74 Å². The smallest absolute Gasteiger partial charge is 0.244 e. The summed E-state index contributed by atoms with van der Waals surface area (Å²) in [7, 11) is 1.88. The summed E-state index contributed by atoms with van der Waals surface area (Å²) in [5.74, 6) is 1.05. The van der Waals surface area contributed by atoms with Gasteiger partial charge in [-0.05, 0) is 62.5 Å². The van der Waals surface area contributed by atoms with Gasteiger partial charge in [0.1, 0.15) is 11.8 Å². The predicted octanol–water partition coefficient (Wildman–Crippen LogP) is 3.45. The van der Waals surface area contributed by atoms with Gasteiger partial charge in [0.05, 0.1) is 6.61 Å². The van der Waals surface area contributed by atoms with Crippen molar-refractivity contribution in [1.29, 1.82) is 0 Å². The van der Waals surface area contributed by atoms with Gasteiger partial charge in [0.2, 0.25) is 5.91 Å². The van der Waals surface area contributed by atoms with E-state index in [1.807, 2.05) is 61.5 Å². The molecule has 27 heavy (non-hydrogen) atoms. The first-order chi connectivity index (χ1) is 13.2. The molecule has 1 aromatic carbocycles. The van der Waals surface area contributed by atoms with Gasteiger partial charge in [-0.15, -0.1) is 0 Å². The molecule has 1 saturated heterocycles. The highest BCUT2D eigenvalue weighted by atomic mass is 16.5. The summed E-state index contributed by atoms with van der Waals surface area (Å²) < 4.78 is 5.85. The molecule has 0 bridgehead atoms. The number of aryl methyl sites for hydroxylation is 1. The van der Waals surface area contributed by atoms with Crippen LogP contribution in [0.3, 0.4) is 0 Å². The van der Waals surface area contributed by atoms with Crippen molar-refractivity contribution in [3.8, 4) is 5.75 Å². The molecule has 1 aromatic heterocycles. The Morgan fingerprint density at radius 3 is 2.70 bits per heavy atom. The summed E-state index contributed by atoms with van der Waals surface area (Å²) >= 11 is 0. The lowest BCUT2D eigenvalue weighted by Gasteiger charge is -2.30. The Morgan fingerprint density at radius 1 is 1.22 bits per heavy atom. The average molecular weight is 367 g/mol. The molecule has 0 aliphatic carbocycles. The molecule has 3 rings (SSSR count). The fraction of sp³-hybridized carbons (Fsp3) is 0.455. The van der Waals surface area contributed by atoms with E-state index < -0.39 is 0 Å². The lowest BCUT2D eigenvalue weighted by molar-refractivity contribution is -0.135. The molecule has 1 amide bonds. The third-order valence-electron chi connectivity index (χ3n) is 5.11. The van der Waals surface area contributed by atoms with Crippen molar-refractivity contribution in [2.24, 2.45) is 0 Å². The molecule has 1 atom stereocenters. The number of likely N-dealkylation sites (tertiary alicyclic amines) is 1. The fourth-order valence-corrected chi connectivity index (χ4v) is 3.57. The van der Waals surface area contributed by atoms with E-state index >= 15 is 0 Å². The molecule has 144 valence electrons. The van der Waals surface area contributed by atoms with Gasteiger partial charge in [0.15, 0.2) is 0 Å². The average Bonchev–Trinajstić information content (AvgIpc) is 3.21. The number of hydrogen-bond donors (Lipinski definition) is 0. The number of carbonyl (C=O) groups excluding carboxylic acids is 1. The molecular weight excluding hydrogens is 338 g/mol. The van der Waals surface area contributed by atoms with Gasteiger partial charge in [0.25, 0.3) is 0 Å². The number of amides is 1. The minimum Gasteiger partial charge on any atom is -0.493 e. The van der Waals surface area contributed by atoms with Gasteiger partial charge < -0.3 is 9.64 Å². The quantitative estimate of drug-likeness (QED) is 0.671. The van der Waals surface area contributed by atoms with E-state index in [1.54, 1.807) is 6.20 Å². The predicted molar refractivity (Wildman–Crippen MR) is 107 cm³/mol. The second kappa shape index (κ2) is 9.51. The van der Waals surface area contributed by atoms with Crippen molar-refractivity contribution in [3.63, 3.8) is 0 Å². The summed E-state index contributed by atoms with van der Waals surface area (Å²) in [5.41, 5.74) is 2.11. The number of para-hydroxylation sites is 1. The SMILES string of the molecule is Cc1ccccc1OCCCN(C)C(=O)[C@@H](c1cccnc1)N1CCCC1. The van der Waals surface area contributed by atoms with Crippen LogP contribution >= 0.6 is 0 Å². The molecule has 0 N–H and O–H groups in total. The zero-order chi connectivity index (χ0) is 19.1. The minimum absolute atomic E-state index is 0.140. The Kier molecular flexibility index (Phi) is 6.82. The maximum absolute atomic E-state index is 13.2. The molecule has 1 aliphatic heterocycles. The molecule has 1 fully saturated rings. The lowest BCUT2D eigenvalue weighted by atomic mass is 10.1. The molecule has 1 aliphatic rings. The monoisotopic (exact) mass is 367 g/mol. The summed E-state index contributed by atoms with van der Waals surface area (Å²) in [5, 5.41) is 0. The van der Waals surface area contributed by atoms with Gasteiger partial charge >= 0.3 is 0 Å². The molecule has 5 nitrogen and oxygen atoms in total. The summed E-state index contributed by atoms with van der Waals surface area (Å²) in [4.78, 5) is 21.5. The Balaban J connectivity index is 1.56. The number of pyridine rings is 1. The van der Waals surface area contributed by atoms with Crippen LogP contribution in [0.15, 0.2) is 48.8 Å². The molecular formula is C22H29N3O2. The number of ether oxygens (including phenoxy) is 1. The van der Waals surface area contributed by atoms with Crippen LogP contribution in [0.5, 0.6) is 5.75 Å². The van der Waals surface area contributed by atoms with Crippen LogP contribution in [0.4, 0.5) is 0 Å². The molecule has 2 aromatic rings. The lowest BCUT2D eigenvalue weighted by Crippen LogP contribution is -2.41. The van der Waals surface area contributed by atoms with Crippen LogP contribution in [0.2, 0.25) is 0 Å². The highest BCUT2D eigenvalue weighted by Crippen LogP contribution is 2.26. The first-order valence-corrected chi connectivity index (χ1v) is 9.74. The normalized spacial score (nSPS) is 15.5. The van der Waals surface area contributed by atoms with Crippen molar-refractivity contribution >= 4 is 5.91 Å². The number of likely N-dealkylation sites (N-methyl/N-ethyl adjacent to an activating group) is 1. The molecule has 2 heterocycles. The van der Waals surface area contributed by atoms with Crippen LogP contribution in [0.1, 0.15) is 36.4 Å². The van der Waals surface area contributed by atoms with Crippen molar-refractivity contribution in [2.45, 2.75) is 32.2 Å². The fourth-order valence-electron chi connectivity index (χ4n) is 3.57. The molecule has 5 heteroatoms. The Bertz CT molecular complexity index is 729. The maximum Gasteiger partial charge on any atom is 0.244 e. The van der Waals surface area contributed by atoms with Crippen molar-refractivity contribution in [3.05, 3.63) is 59.9 Å². The summed E-state index contributed by atoms with van der Waals surface area (Å²) in [6.45, 7) is 5.25. The zero-order valence-electron chi connectivity index (χ0n) is 16.3. The number of benzene rings is 1. The van der Waals surface area contributed by atoms with Gasteiger partial charge in [-0.2, -0.15) is 0 Å². The third-order valence-corrected chi connectivity index (χ3v) is 5.11. The Hall–Kier alpha value is -2.40. The first kappa shape index (κ1) is 19.4. The minimum atomic E-state index is -0.233. The number of carbonyl (C=O) groups is 1. The zero-order valence-corrected chi connectivity index (χ0v) is 16.3. The number of nitrogens with zero attached hydrogens (tertiary/aromatic N) is 3. The topological polar surface area (TPSA) is 45.7 Å². The number of hydrogen-bond acceptors (Lipinski definition) is 4.